The molecule has 0 aliphatic carbocycles. The van der Waals surface area contributed by atoms with Crippen LogP contribution in [-0.4, -0.2) is 79.5 Å². The van der Waals surface area contributed by atoms with E-state index in [4.69, 9.17) is 4.74 Å². The fraction of sp³-hybridized carbons (Fsp3) is 1.00. The van der Waals surface area contributed by atoms with Crippen LogP contribution in [0.5, 0.6) is 0 Å². The van der Waals surface area contributed by atoms with E-state index in [9.17, 15) is 13.5 Å². The van der Waals surface area contributed by atoms with Gasteiger partial charge in [-0.25, -0.2) is 8.42 Å². The van der Waals surface area contributed by atoms with E-state index >= 15 is 0 Å². The molecule has 3 saturated heterocycles. The summed E-state index contributed by atoms with van der Waals surface area (Å²) in [5.41, 5.74) is -0.837. The highest BCUT2D eigenvalue weighted by Gasteiger charge is 2.47. The number of hydrogen-bond acceptors (Lipinski definition) is 5. The van der Waals surface area contributed by atoms with Gasteiger partial charge in [0.1, 0.15) is 0 Å². The molecule has 7 heteroatoms. The topological polar surface area (TPSA) is 70.1 Å². The predicted molar refractivity (Wildman–Crippen MR) is 88.7 cm³/mol. The smallest absolute Gasteiger partial charge is 0.215 e. The molecule has 3 aliphatic rings. The second-order valence-corrected chi connectivity index (χ2v) is 9.51. The van der Waals surface area contributed by atoms with Crippen molar-refractivity contribution in [3.8, 4) is 0 Å². The Bertz CT molecular complexity index is 502. The van der Waals surface area contributed by atoms with Crippen LogP contribution in [-0.2, 0) is 14.8 Å². The Hall–Kier alpha value is -0.210. The number of aliphatic hydroxyl groups is 1. The Morgan fingerprint density at radius 2 is 1.96 bits per heavy atom. The van der Waals surface area contributed by atoms with Crippen molar-refractivity contribution >= 4 is 10.0 Å². The van der Waals surface area contributed by atoms with Crippen LogP contribution in [0.1, 0.15) is 39.0 Å². The third-order valence-electron chi connectivity index (χ3n) is 5.78. The van der Waals surface area contributed by atoms with Gasteiger partial charge in [0.05, 0.1) is 18.0 Å². The van der Waals surface area contributed by atoms with E-state index in [-0.39, 0.29) is 17.7 Å². The van der Waals surface area contributed by atoms with Gasteiger partial charge in [-0.05, 0) is 52.1 Å². The van der Waals surface area contributed by atoms with Gasteiger partial charge in [-0.1, -0.05) is 0 Å². The van der Waals surface area contributed by atoms with E-state index in [0.29, 0.717) is 32.7 Å². The fourth-order valence-corrected chi connectivity index (χ4v) is 6.06. The quantitative estimate of drug-likeness (QED) is 0.792. The molecule has 0 spiro atoms. The molecule has 0 aromatic heterocycles. The summed E-state index contributed by atoms with van der Waals surface area (Å²) >= 11 is 0. The van der Waals surface area contributed by atoms with E-state index in [1.165, 1.54) is 12.8 Å². The Morgan fingerprint density at radius 1 is 1.22 bits per heavy atom. The van der Waals surface area contributed by atoms with Crippen molar-refractivity contribution in [2.24, 2.45) is 5.92 Å². The molecule has 0 radical (unpaired) electrons. The summed E-state index contributed by atoms with van der Waals surface area (Å²) in [5, 5.41) is 10.7. The largest absolute Gasteiger partial charge is 0.390 e. The van der Waals surface area contributed by atoms with E-state index in [1.807, 2.05) is 6.92 Å². The third kappa shape index (κ3) is 3.90. The molecule has 3 rings (SSSR count). The molecule has 3 atom stereocenters. The average molecular weight is 346 g/mol. The summed E-state index contributed by atoms with van der Waals surface area (Å²) < 4.78 is 32.9. The minimum absolute atomic E-state index is 0.117. The number of likely N-dealkylation sites (tertiary alicyclic amines) is 1. The number of ether oxygens (including phenoxy) is 1. The summed E-state index contributed by atoms with van der Waals surface area (Å²) in [6.07, 6.45) is 4.63. The van der Waals surface area contributed by atoms with Gasteiger partial charge < -0.3 is 14.7 Å². The first-order valence-corrected chi connectivity index (χ1v) is 10.5. The Labute approximate surface area is 139 Å². The van der Waals surface area contributed by atoms with E-state index in [0.717, 1.165) is 25.9 Å². The van der Waals surface area contributed by atoms with Crippen molar-refractivity contribution < 1.29 is 18.3 Å². The number of rotatable bonds is 5. The zero-order chi connectivity index (χ0) is 16.5. The van der Waals surface area contributed by atoms with Gasteiger partial charge in [0.15, 0.2) is 0 Å². The summed E-state index contributed by atoms with van der Waals surface area (Å²) in [6, 6.07) is -0.117. The lowest BCUT2D eigenvalue weighted by molar-refractivity contribution is -0.116. The molecule has 23 heavy (non-hydrogen) atoms. The monoisotopic (exact) mass is 346 g/mol. The molecule has 6 nitrogen and oxygen atoms in total. The van der Waals surface area contributed by atoms with Crippen LogP contribution in [0.2, 0.25) is 0 Å². The van der Waals surface area contributed by atoms with Crippen LogP contribution in [0, 0.1) is 5.92 Å². The molecule has 0 aromatic rings. The Morgan fingerprint density at radius 3 is 2.65 bits per heavy atom. The molecule has 3 heterocycles. The van der Waals surface area contributed by atoms with Crippen molar-refractivity contribution in [3.63, 3.8) is 0 Å². The van der Waals surface area contributed by atoms with Crippen molar-refractivity contribution in [3.05, 3.63) is 0 Å². The van der Waals surface area contributed by atoms with Gasteiger partial charge >= 0.3 is 0 Å². The van der Waals surface area contributed by atoms with Crippen molar-refractivity contribution in [2.45, 2.75) is 50.7 Å². The highest BCUT2D eigenvalue weighted by Crippen LogP contribution is 2.37. The highest BCUT2D eigenvalue weighted by atomic mass is 32.2. The summed E-state index contributed by atoms with van der Waals surface area (Å²) in [7, 11) is -3.27. The molecule has 3 unspecified atom stereocenters. The first-order valence-electron chi connectivity index (χ1n) is 8.92. The summed E-state index contributed by atoms with van der Waals surface area (Å²) in [5.74, 6) is 0.0690. The zero-order valence-corrected chi connectivity index (χ0v) is 14.9. The lowest BCUT2D eigenvalue weighted by atomic mass is 9.80. The maximum absolute atomic E-state index is 12.8. The molecular formula is C16H30N2O4S. The van der Waals surface area contributed by atoms with Crippen LogP contribution >= 0.6 is 0 Å². The van der Waals surface area contributed by atoms with Gasteiger partial charge in [-0.15, -0.1) is 0 Å². The normalized spacial score (nSPS) is 37.5. The van der Waals surface area contributed by atoms with Gasteiger partial charge in [-0.2, -0.15) is 4.31 Å². The average Bonchev–Trinajstić information content (AvgIpc) is 3.16. The number of hydrogen-bond donors (Lipinski definition) is 1. The van der Waals surface area contributed by atoms with Crippen molar-refractivity contribution in [2.75, 3.05) is 45.1 Å². The summed E-state index contributed by atoms with van der Waals surface area (Å²) in [4.78, 5) is 2.24. The minimum Gasteiger partial charge on any atom is -0.390 e. The maximum atomic E-state index is 12.8. The standard InChI is InChI=1S/C16H30N2O4S/c1-16(19)6-11-22-13-14(16)15-5-4-9-18(15)23(20,21)12-10-17-7-2-3-8-17/h14-15,19H,2-13H2,1H3. The molecular weight excluding hydrogens is 316 g/mol. The maximum Gasteiger partial charge on any atom is 0.215 e. The zero-order valence-electron chi connectivity index (χ0n) is 14.1. The van der Waals surface area contributed by atoms with Gasteiger partial charge in [0.25, 0.3) is 0 Å². The molecule has 3 aliphatic heterocycles. The van der Waals surface area contributed by atoms with Crippen LogP contribution in [0.15, 0.2) is 0 Å². The van der Waals surface area contributed by atoms with Gasteiger partial charge in [0.2, 0.25) is 10.0 Å². The van der Waals surface area contributed by atoms with Crippen LogP contribution in [0.3, 0.4) is 0 Å². The van der Waals surface area contributed by atoms with Crippen LogP contribution in [0.4, 0.5) is 0 Å². The lowest BCUT2D eigenvalue weighted by Gasteiger charge is -2.42. The van der Waals surface area contributed by atoms with E-state index in [1.54, 1.807) is 4.31 Å². The molecule has 0 bridgehead atoms. The third-order valence-corrected chi connectivity index (χ3v) is 7.65. The lowest BCUT2D eigenvalue weighted by Crippen LogP contribution is -2.54. The predicted octanol–water partition coefficient (Wildman–Crippen LogP) is 0.664. The number of nitrogens with zero attached hydrogens (tertiary/aromatic N) is 2. The van der Waals surface area contributed by atoms with Crippen molar-refractivity contribution in [1.82, 2.24) is 9.21 Å². The van der Waals surface area contributed by atoms with Crippen LogP contribution < -0.4 is 0 Å². The molecule has 0 saturated carbocycles. The van der Waals surface area contributed by atoms with E-state index in [2.05, 4.69) is 4.90 Å². The molecule has 3 fully saturated rings. The fourth-order valence-electron chi connectivity index (χ4n) is 4.26. The molecule has 0 amide bonds. The number of sulfonamides is 1. The molecule has 134 valence electrons. The molecule has 0 aromatic carbocycles. The first kappa shape index (κ1) is 17.6. The minimum atomic E-state index is -3.27. The van der Waals surface area contributed by atoms with Gasteiger partial charge in [-0.3, -0.25) is 0 Å². The van der Waals surface area contributed by atoms with Crippen LogP contribution in [0.25, 0.3) is 0 Å². The Kier molecular flexibility index (Phi) is 5.33. The first-order chi connectivity index (χ1) is 10.9. The van der Waals surface area contributed by atoms with Crippen molar-refractivity contribution in [1.29, 1.82) is 0 Å². The SMILES string of the molecule is CC1(O)CCOCC1C1CCCN1S(=O)(=O)CCN1CCCC1. The summed E-state index contributed by atoms with van der Waals surface area (Å²) in [6.45, 7) is 6.08. The van der Waals surface area contributed by atoms with E-state index < -0.39 is 15.6 Å². The second-order valence-electron chi connectivity index (χ2n) is 7.47. The highest BCUT2D eigenvalue weighted by molar-refractivity contribution is 7.89. The second kappa shape index (κ2) is 6.96. The Balaban J connectivity index is 1.67. The van der Waals surface area contributed by atoms with Gasteiger partial charge in [0, 0.05) is 31.7 Å². The molecule has 1 N–H and O–H groups in total.